The Bertz CT molecular complexity index is 869. The third-order valence-electron chi connectivity index (χ3n) is 3.65. The highest BCUT2D eigenvalue weighted by atomic mass is 79.9. The lowest BCUT2D eigenvalue weighted by Gasteiger charge is -2.12. The van der Waals surface area contributed by atoms with E-state index in [9.17, 15) is 9.59 Å². The Morgan fingerprint density at radius 3 is 2.29 bits per heavy atom. The zero-order valence-electron chi connectivity index (χ0n) is 15.8. The summed E-state index contributed by atoms with van der Waals surface area (Å²) < 4.78 is 6.41. The van der Waals surface area contributed by atoms with Gasteiger partial charge >= 0.3 is 0 Å². The van der Waals surface area contributed by atoms with E-state index in [1.165, 1.54) is 0 Å². The summed E-state index contributed by atoms with van der Waals surface area (Å²) in [5.74, 6) is 0.360. The molecule has 3 N–H and O–H groups in total. The summed E-state index contributed by atoms with van der Waals surface area (Å²) in [6, 6.07) is 12.0. The molecule has 0 saturated heterocycles. The van der Waals surface area contributed by atoms with Crippen LogP contribution in [0.1, 0.15) is 40.1 Å². The van der Waals surface area contributed by atoms with Crippen LogP contribution in [0.15, 0.2) is 46.9 Å². The van der Waals surface area contributed by atoms with E-state index in [0.29, 0.717) is 29.4 Å². The van der Waals surface area contributed by atoms with Gasteiger partial charge in [0, 0.05) is 15.6 Å². The largest absolute Gasteiger partial charge is 0.493 e. The number of benzene rings is 2. The molecule has 0 spiro atoms. The molecular weight excluding hydrogens is 442 g/mol. The average molecular weight is 464 g/mol. The van der Waals surface area contributed by atoms with E-state index >= 15 is 0 Å². The van der Waals surface area contributed by atoms with Gasteiger partial charge in [-0.05, 0) is 67.0 Å². The van der Waals surface area contributed by atoms with Crippen LogP contribution < -0.4 is 20.9 Å². The van der Waals surface area contributed by atoms with Crippen molar-refractivity contribution in [1.29, 1.82) is 0 Å². The lowest BCUT2D eigenvalue weighted by atomic mass is 10.1. The predicted octanol–water partition coefficient (Wildman–Crippen LogP) is 3.74. The molecule has 0 saturated carbocycles. The number of ether oxygens (including phenoxy) is 1. The van der Waals surface area contributed by atoms with Gasteiger partial charge in [-0.2, -0.15) is 0 Å². The summed E-state index contributed by atoms with van der Waals surface area (Å²) >= 11 is 8.43. The van der Waals surface area contributed by atoms with Crippen molar-refractivity contribution in [3.63, 3.8) is 0 Å². The highest BCUT2D eigenvalue weighted by Crippen LogP contribution is 2.17. The predicted molar refractivity (Wildman–Crippen MR) is 116 cm³/mol. The number of carbonyl (C=O) groups is 2. The van der Waals surface area contributed by atoms with E-state index in [-0.39, 0.29) is 16.9 Å². The molecule has 0 bridgehead atoms. The molecule has 0 unspecified atom stereocenters. The standard InChI is InChI=1S/C20H22BrN3O3S/c1-12(2)11-27-16-8-6-14(7-9-16)19(26)23-24-20(28)22-18(25)15-5-4-13(3)17(21)10-15/h4-10,12H,11H2,1-3H3,(H,23,26)(H2,22,24,25,28). The minimum absolute atomic E-state index is 0.00747. The third-order valence-corrected chi connectivity index (χ3v) is 4.71. The number of amides is 2. The van der Waals surface area contributed by atoms with Crippen LogP contribution in [0, 0.1) is 12.8 Å². The first kappa shape index (κ1) is 21.8. The van der Waals surface area contributed by atoms with Crippen molar-refractivity contribution in [2.24, 2.45) is 5.92 Å². The highest BCUT2D eigenvalue weighted by molar-refractivity contribution is 9.10. The second-order valence-corrected chi connectivity index (χ2v) is 7.82. The number of carbonyl (C=O) groups excluding carboxylic acids is 2. The lowest BCUT2D eigenvalue weighted by Crippen LogP contribution is -2.48. The molecule has 2 aromatic rings. The number of thiocarbonyl (C=S) groups is 1. The van der Waals surface area contributed by atoms with Gasteiger partial charge in [-0.3, -0.25) is 25.8 Å². The maximum absolute atomic E-state index is 12.2. The topological polar surface area (TPSA) is 79.5 Å². The number of hydrogen-bond donors (Lipinski definition) is 3. The van der Waals surface area contributed by atoms with Crippen molar-refractivity contribution in [2.45, 2.75) is 20.8 Å². The molecule has 0 atom stereocenters. The normalized spacial score (nSPS) is 10.3. The quantitative estimate of drug-likeness (QED) is 0.464. The maximum atomic E-state index is 12.2. The van der Waals surface area contributed by atoms with Gasteiger partial charge in [0.1, 0.15) is 5.75 Å². The molecule has 0 aliphatic heterocycles. The third kappa shape index (κ3) is 6.61. The van der Waals surface area contributed by atoms with Crippen LogP contribution in [0.5, 0.6) is 5.75 Å². The molecule has 2 amide bonds. The van der Waals surface area contributed by atoms with Gasteiger partial charge in [-0.1, -0.05) is 35.8 Å². The molecule has 28 heavy (non-hydrogen) atoms. The van der Waals surface area contributed by atoms with Crippen molar-refractivity contribution in [3.05, 3.63) is 63.6 Å². The van der Waals surface area contributed by atoms with Crippen LogP contribution in [-0.4, -0.2) is 23.5 Å². The Morgan fingerprint density at radius 1 is 1.04 bits per heavy atom. The molecule has 0 aliphatic carbocycles. The van der Waals surface area contributed by atoms with Gasteiger partial charge in [-0.25, -0.2) is 0 Å². The summed E-state index contributed by atoms with van der Waals surface area (Å²) in [4.78, 5) is 24.4. The Kier molecular flexibility index (Phi) is 7.95. The number of aryl methyl sites for hydroxylation is 1. The zero-order valence-corrected chi connectivity index (χ0v) is 18.2. The summed E-state index contributed by atoms with van der Waals surface area (Å²) in [6.07, 6.45) is 0. The Hall–Kier alpha value is -2.45. The molecule has 148 valence electrons. The van der Waals surface area contributed by atoms with E-state index in [2.05, 4.69) is 45.9 Å². The Labute approximate surface area is 178 Å². The van der Waals surface area contributed by atoms with Gasteiger partial charge in [-0.15, -0.1) is 0 Å². The first-order valence-corrected chi connectivity index (χ1v) is 9.87. The van der Waals surface area contributed by atoms with Crippen LogP contribution in [0.4, 0.5) is 0 Å². The molecule has 0 aromatic heterocycles. The smallest absolute Gasteiger partial charge is 0.269 e. The van der Waals surface area contributed by atoms with Crippen molar-refractivity contribution < 1.29 is 14.3 Å². The fourth-order valence-electron chi connectivity index (χ4n) is 2.09. The summed E-state index contributed by atoms with van der Waals surface area (Å²) in [7, 11) is 0. The number of halogens is 1. The van der Waals surface area contributed by atoms with E-state index in [1.54, 1.807) is 36.4 Å². The molecule has 2 rings (SSSR count). The summed E-state index contributed by atoms with van der Waals surface area (Å²) in [6.45, 7) is 6.66. The van der Waals surface area contributed by atoms with E-state index in [0.717, 1.165) is 10.0 Å². The van der Waals surface area contributed by atoms with Gasteiger partial charge in [0.25, 0.3) is 11.8 Å². The number of rotatable bonds is 5. The average Bonchev–Trinajstić information content (AvgIpc) is 2.66. The van der Waals surface area contributed by atoms with Crippen LogP contribution in [0.25, 0.3) is 0 Å². The first-order chi connectivity index (χ1) is 13.3. The molecule has 0 heterocycles. The van der Waals surface area contributed by atoms with Gasteiger partial charge in [0.05, 0.1) is 6.61 Å². The fraction of sp³-hybridized carbons (Fsp3) is 0.250. The van der Waals surface area contributed by atoms with Gasteiger partial charge in [0.2, 0.25) is 0 Å². The summed E-state index contributed by atoms with van der Waals surface area (Å²) in [5.41, 5.74) is 6.87. The van der Waals surface area contributed by atoms with E-state index in [1.807, 2.05) is 13.0 Å². The molecule has 0 aliphatic rings. The first-order valence-electron chi connectivity index (χ1n) is 8.67. The van der Waals surface area contributed by atoms with Crippen molar-refractivity contribution in [1.82, 2.24) is 16.2 Å². The van der Waals surface area contributed by atoms with Crippen LogP contribution in [-0.2, 0) is 0 Å². The SMILES string of the molecule is Cc1ccc(C(=O)NC(=S)NNC(=O)c2ccc(OCC(C)C)cc2)cc1Br. The van der Waals surface area contributed by atoms with E-state index < -0.39 is 0 Å². The van der Waals surface area contributed by atoms with Crippen molar-refractivity contribution in [2.75, 3.05) is 6.61 Å². The second-order valence-electron chi connectivity index (χ2n) is 6.56. The van der Waals surface area contributed by atoms with Crippen molar-refractivity contribution >= 4 is 45.1 Å². The molecule has 2 aromatic carbocycles. The molecule has 6 nitrogen and oxygen atoms in total. The zero-order chi connectivity index (χ0) is 20.7. The fourth-order valence-corrected chi connectivity index (χ4v) is 2.61. The number of nitrogens with one attached hydrogen (secondary N) is 3. The minimum atomic E-state index is -0.384. The van der Waals surface area contributed by atoms with Crippen molar-refractivity contribution in [3.8, 4) is 5.75 Å². The molecule has 8 heteroatoms. The molecule has 0 fully saturated rings. The van der Waals surface area contributed by atoms with Gasteiger partial charge < -0.3 is 4.74 Å². The minimum Gasteiger partial charge on any atom is -0.493 e. The summed E-state index contributed by atoms with van der Waals surface area (Å²) in [5, 5.41) is 2.50. The number of hydrogen-bond acceptors (Lipinski definition) is 4. The monoisotopic (exact) mass is 463 g/mol. The van der Waals surface area contributed by atoms with Crippen LogP contribution >= 0.6 is 28.1 Å². The second kappa shape index (κ2) is 10.2. The maximum Gasteiger partial charge on any atom is 0.269 e. The van der Waals surface area contributed by atoms with Crippen LogP contribution in [0.3, 0.4) is 0 Å². The number of hydrazine groups is 1. The Balaban J connectivity index is 1.83. The highest BCUT2D eigenvalue weighted by Gasteiger charge is 2.11. The molecular formula is C20H22BrN3O3S. The Morgan fingerprint density at radius 2 is 1.68 bits per heavy atom. The van der Waals surface area contributed by atoms with Gasteiger partial charge in [0.15, 0.2) is 5.11 Å². The van der Waals surface area contributed by atoms with Crippen LogP contribution in [0.2, 0.25) is 0 Å². The van der Waals surface area contributed by atoms with E-state index in [4.69, 9.17) is 17.0 Å². The lowest BCUT2D eigenvalue weighted by molar-refractivity contribution is 0.0934. The molecule has 0 radical (unpaired) electrons.